The van der Waals surface area contributed by atoms with Crippen LogP contribution in [0.1, 0.15) is 37.1 Å². The molecule has 38 heavy (non-hydrogen) atoms. The van der Waals surface area contributed by atoms with Crippen molar-refractivity contribution < 1.29 is 32.1 Å². The minimum Gasteiger partial charge on any atom is -0.337 e. The second-order valence-corrected chi connectivity index (χ2v) is 9.30. The van der Waals surface area contributed by atoms with E-state index in [1.165, 1.54) is 17.0 Å². The molecule has 3 aromatic rings. The van der Waals surface area contributed by atoms with Gasteiger partial charge in [-0.15, -0.1) is 0 Å². The number of imide groups is 1. The highest BCUT2D eigenvalue weighted by Crippen LogP contribution is 2.35. The van der Waals surface area contributed by atoms with E-state index in [4.69, 9.17) is 4.52 Å². The Bertz CT molecular complexity index is 1340. The topological polar surface area (TPSA) is 109 Å². The molecule has 2 aliphatic rings. The lowest BCUT2D eigenvalue weighted by molar-refractivity contribution is -0.142. The number of hydrogen-bond acceptors (Lipinski definition) is 6. The monoisotopic (exact) mass is 527 g/mol. The zero-order valence-electron chi connectivity index (χ0n) is 20.1. The molecule has 9 nitrogen and oxygen atoms in total. The van der Waals surface area contributed by atoms with Crippen molar-refractivity contribution in [2.75, 3.05) is 11.9 Å². The SMILES string of the molecule is O=C(CN1C(=O)N(Cc2nc(-c3ccccc3)no2)C(=O)C2CCCCC21)Nc1cccc(C(F)(F)F)c1. The van der Waals surface area contributed by atoms with Gasteiger partial charge in [-0.25, -0.2) is 4.79 Å². The molecule has 1 saturated carbocycles. The second kappa shape index (κ2) is 10.3. The molecule has 2 fully saturated rings. The molecule has 4 amide bonds. The maximum atomic E-state index is 13.5. The number of carbonyl (C=O) groups is 3. The highest BCUT2D eigenvalue weighted by Gasteiger charge is 2.48. The summed E-state index contributed by atoms with van der Waals surface area (Å²) < 4.78 is 44.4. The molecule has 2 aromatic carbocycles. The van der Waals surface area contributed by atoms with Crippen molar-refractivity contribution in [3.05, 3.63) is 66.1 Å². The van der Waals surface area contributed by atoms with E-state index in [0.29, 0.717) is 24.2 Å². The molecular weight excluding hydrogens is 503 g/mol. The molecule has 5 rings (SSSR count). The summed E-state index contributed by atoms with van der Waals surface area (Å²) in [5, 5.41) is 6.37. The Kier molecular flexibility index (Phi) is 6.87. The van der Waals surface area contributed by atoms with E-state index in [1.807, 2.05) is 18.2 Å². The van der Waals surface area contributed by atoms with Gasteiger partial charge in [0.25, 0.3) is 0 Å². The number of halogens is 3. The lowest BCUT2D eigenvalue weighted by atomic mass is 9.81. The third-order valence-electron chi connectivity index (χ3n) is 6.77. The van der Waals surface area contributed by atoms with Crippen LogP contribution in [0.3, 0.4) is 0 Å². The number of fused-ring (bicyclic) bond motifs is 1. The molecule has 0 spiro atoms. The fraction of sp³-hybridized carbons (Fsp3) is 0.346. The minimum atomic E-state index is -4.56. The lowest BCUT2D eigenvalue weighted by Gasteiger charge is -2.46. The van der Waals surface area contributed by atoms with Gasteiger partial charge in [0.05, 0.1) is 11.5 Å². The maximum absolute atomic E-state index is 13.5. The average Bonchev–Trinajstić information content (AvgIpc) is 3.38. The first-order valence-corrected chi connectivity index (χ1v) is 12.2. The Morgan fingerprint density at radius 3 is 2.58 bits per heavy atom. The molecule has 198 valence electrons. The van der Waals surface area contributed by atoms with Gasteiger partial charge in [0, 0.05) is 17.3 Å². The fourth-order valence-electron chi connectivity index (χ4n) is 4.98. The molecule has 1 aliphatic carbocycles. The van der Waals surface area contributed by atoms with Crippen LogP contribution in [0.2, 0.25) is 0 Å². The van der Waals surface area contributed by atoms with Gasteiger partial charge in [0.2, 0.25) is 23.5 Å². The summed E-state index contributed by atoms with van der Waals surface area (Å²) in [7, 11) is 0. The summed E-state index contributed by atoms with van der Waals surface area (Å²) >= 11 is 0. The van der Waals surface area contributed by atoms with E-state index in [2.05, 4.69) is 15.5 Å². The summed E-state index contributed by atoms with van der Waals surface area (Å²) in [6, 6.07) is 12.2. The van der Waals surface area contributed by atoms with Gasteiger partial charge in [0.15, 0.2) is 0 Å². The largest absolute Gasteiger partial charge is 0.416 e. The third-order valence-corrected chi connectivity index (χ3v) is 6.77. The van der Waals surface area contributed by atoms with Crippen LogP contribution in [-0.4, -0.2) is 50.4 Å². The van der Waals surface area contributed by atoms with E-state index < -0.39 is 42.2 Å². The van der Waals surface area contributed by atoms with Gasteiger partial charge >= 0.3 is 12.2 Å². The van der Waals surface area contributed by atoms with Crippen LogP contribution >= 0.6 is 0 Å². The Morgan fingerprint density at radius 1 is 1.05 bits per heavy atom. The molecule has 2 unspecified atom stereocenters. The van der Waals surface area contributed by atoms with Crippen molar-refractivity contribution in [1.82, 2.24) is 19.9 Å². The zero-order chi connectivity index (χ0) is 26.9. The molecule has 0 bridgehead atoms. The number of amides is 4. The number of rotatable bonds is 6. The molecular formula is C26H24F3N5O4. The van der Waals surface area contributed by atoms with Crippen molar-refractivity contribution in [1.29, 1.82) is 0 Å². The van der Waals surface area contributed by atoms with Crippen molar-refractivity contribution in [3.8, 4) is 11.4 Å². The van der Waals surface area contributed by atoms with Crippen LogP contribution in [0.15, 0.2) is 59.1 Å². The number of carbonyl (C=O) groups excluding carboxylic acids is 3. The van der Waals surface area contributed by atoms with Gasteiger partial charge in [-0.1, -0.05) is 54.4 Å². The highest BCUT2D eigenvalue weighted by molar-refractivity contribution is 6.01. The van der Waals surface area contributed by atoms with Gasteiger partial charge in [-0.2, -0.15) is 18.2 Å². The van der Waals surface area contributed by atoms with Crippen LogP contribution in [0.5, 0.6) is 0 Å². The number of anilines is 1. The molecule has 0 radical (unpaired) electrons. The average molecular weight is 528 g/mol. The summed E-state index contributed by atoms with van der Waals surface area (Å²) in [5.41, 5.74) is -0.233. The fourth-order valence-corrected chi connectivity index (χ4v) is 4.98. The summed E-state index contributed by atoms with van der Waals surface area (Å²) in [5.74, 6) is -1.16. The Labute approximate surface area is 215 Å². The first-order chi connectivity index (χ1) is 18.2. The van der Waals surface area contributed by atoms with Crippen LogP contribution in [0.4, 0.5) is 23.7 Å². The highest BCUT2D eigenvalue weighted by atomic mass is 19.4. The number of nitrogens with zero attached hydrogens (tertiary/aromatic N) is 4. The standard InChI is InChI=1S/C26H24F3N5O4/c27-26(28,29)17-9-6-10-18(13-17)30-21(35)14-33-20-12-5-4-11-19(20)24(36)34(25(33)37)15-22-31-23(32-38-22)16-7-2-1-3-8-16/h1-3,6-10,13,19-20H,4-5,11-12,14-15H2,(H,30,35). The summed E-state index contributed by atoms with van der Waals surface area (Å²) in [6.07, 6.45) is -1.87. The Hall–Kier alpha value is -4.22. The first-order valence-electron chi connectivity index (χ1n) is 12.2. The van der Waals surface area contributed by atoms with Crippen LogP contribution in [0.25, 0.3) is 11.4 Å². The number of alkyl halides is 3. The normalized spacial score (nSPS) is 19.9. The number of hydrogen-bond donors (Lipinski definition) is 1. The Morgan fingerprint density at radius 2 is 1.82 bits per heavy atom. The Balaban J connectivity index is 1.34. The minimum absolute atomic E-state index is 0.0401. The molecule has 2 atom stereocenters. The second-order valence-electron chi connectivity index (χ2n) is 9.30. The van der Waals surface area contributed by atoms with Crippen molar-refractivity contribution >= 4 is 23.5 Å². The quantitative estimate of drug-likeness (QED) is 0.497. The van der Waals surface area contributed by atoms with E-state index in [9.17, 15) is 27.6 Å². The predicted molar refractivity (Wildman–Crippen MR) is 128 cm³/mol. The maximum Gasteiger partial charge on any atom is 0.416 e. The summed E-state index contributed by atoms with van der Waals surface area (Å²) in [4.78, 5) is 46.2. The van der Waals surface area contributed by atoms with E-state index >= 15 is 0 Å². The molecule has 1 aliphatic heterocycles. The number of nitrogens with one attached hydrogen (secondary N) is 1. The third kappa shape index (κ3) is 5.24. The van der Waals surface area contributed by atoms with Crippen LogP contribution in [0, 0.1) is 5.92 Å². The van der Waals surface area contributed by atoms with Gasteiger partial charge < -0.3 is 14.7 Å². The zero-order valence-corrected chi connectivity index (χ0v) is 20.1. The van der Waals surface area contributed by atoms with E-state index in [-0.39, 0.29) is 24.0 Å². The van der Waals surface area contributed by atoms with Gasteiger partial charge in [-0.3, -0.25) is 14.5 Å². The molecule has 1 N–H and O–H groups in total. The van der Waals surface area contributed by atoms with E-state index in [0.717, 1.165) is 29.9 Å². The van der Waals surface area contributed by atoms with E-state index in [1.54, 1.807) is 12.1 Å². The van der Waals surface area contributed by atoms with Crippen LogP contribution in [-0.2, 0) is 22.3 Å². The first kappa shape index (κ1) is 25.4. The molecule has 1 saturated heterocycles. The smallest absolute Gasteiger partial charge is 0.337 e. The predicted octanol–water partition coefficient (Wildman–Crippen LogP) is 4.72. The van der Waals surface area contributed by atoms with Crippen molar-refractivity contribution in [2.24, 2.45) is 5.92 Å². The van der Waals surface area contributed by atoms with Crippen LogP contribution < -0.4 is 5.32 Å². The molecule has 2 heterocycles. The molecule has 1 aromatic heterocycles. The number of urea groups is 1. The number of benzene rings is 2. The summed E-state index contributed by atoms with van der Waals surface area (Å²) in [6.45, 7) is -0.675. The van der Waals surface area contributed by atoms with Crippen molar-refractivity contribution in [3.63, 3.8) is 0 Å². The number of aromatic nitrogens is 2. The van der Waals surface area contributed by atoms with Gasteiger partial charge in [-0.05, 0) is 31.0 Å². The van der Waals surface area contributed by atoms with Gasteiger partial charge in [0.1, 0.15) is 13.1 Å². The lowest BCUT2D eigenvalue weighted by Crippen LogP contribution is -2.63. The van der Waals surface area contributed by atoms with Crippen molar-refractivity contribution in [2.45, 2.75) is 44.4 Å². The molecule has 12 heteroatoms.